The van der Waals surface area contributed by atoms with E-state index in [0.717, 1.165) is 17.1 Å². The van der Waals surface area contributed by atoms with Crippen molar-refractivity contribution >= 4 is 17.5 Å². The smallest absolute Gasteiger partial charge is 0.295 e. The van der Waals surface area contributed by atoms with Gasteiger partial charge in [0.2, 0.25) is 5.78 Å². The minimum Gasteiger partial charge on any atom is -0.352 e. The van der Waals surface area contributed by atoms with Gasteiger partial charge in [-0.2, -0.15) is 5.10 Å². The molecule has 0 unspecified atom stereocenters. The Hall–Kier alpha value is -2.76. The molecule has 2 aromatic rings. The Morgan fingerprint density at radius 3 is 2.12 bits per heavy atom. The molecule has 1 aromatic heterocycles. The number of amides is 1. The SMILES string of the molecule is Cc1ccc(N2CCN(C(=O)C(=O)c3ccc(C(C)C)cc3)CC2)nn1. The van der Waals surface area contributed by atoms with Crippen LogP contribution in [0.15, 0.2) is 36.4 Å². The lowest BCUT2D eigenvalue weighted by atomic mass is 10.00. The molecule has 26 heavy (non-hydrogen) atoms. The lowest BCUT2D eigenvalue weighted by Crippen LogP contribution is -2.50. The normalized spacial score (nSPS) is 14.6. The van der Waals surface area contributed by atoms with Crippen molar-refractivity contribution in [2.24, 2.45) is 0 Å². The van der Waals surface area contributed by atoms with Gasteiger partial charge in [0.05, 0.1) is 5.69 Å². The third-order valence-electron chi connectivity index (χ3n) is 4.71. The Morgan fingerprint density at radius 2 is 1.58 bits per heavy atom. The maximum absolute atomic E-state index is 12.5. The molecule has 0 saturated carbocycles. The molecular formula is C20H24N4O2. The molecule has 1 aromatic carbocycles. The number of rotatable bonds is 4. The molecular weight excluding hydrogens is 328 g/mol. The predicted octanol–water partition coefficient (Wildman–Crippen LogP) is 2.44. The van der Waals surface area contributed by atoms with Gasteiger partial charge >= 0.3 is 0 Å². The van der Waals surface area contributed by atoms with Gasteiger partial charge in [0.25, 0.3) is 5.91 Å². The van der Waals surface area contributed by atoms with Crippen LogP contribution in [0.25, 0.3) is 0 Å². The molecule has 0 bridgehead atoms. The summed E-state index contributed by atoms with van der Waals surface area (Å²) in [5.41, 5.74) is 2.48. The highest BCUT2D eigenvalue weighted by Crippen LogP contribution is 2.17. The Bertz CT molecular complexity index is 776. The van der Waals surface area contributed by atoms with Gasteiger partial charge in [-0.25, -0.2) is 0 Å². The number of piperazine rings is 1. The van der Waals surface area contributed by atoms with Crippen molar-refractivity contribution in [3.8, 4) is 0 Å². The monoisotopic (exact) mass is 352 g/mol. The molecule has 0 aliphatic carbocycles. The van der Waals surface area contributed by atoms with E-state index in [-0.39, 0.29) is 0 Å². The number of anilines is 1. The van der Waals surface area contributed by atoms with Crippen molar-refractivity contribution in [1.29, 1.82) is 0 Å². The maximum atomic E-state index is 12.5. The van der Waals surface area contributed by atoms with E-state index in [2.05, 4.69) is 28.9 Å². The average Bonchev–Trinajstić information content (AvgIpc) is 2.67. The van der Waals surface area contributed by atoms with Crippen LogP contribution in [0, 0.1) is 6.92 Å². The first-order valence-corrected chi connectivity index (χ1v) is 8.94. The molecule has 6 nitrogen and oxygen atoms in total. The molecule has 2 heterocycles. The van der Waals surface area contributed by atoms with Gasteiger partial charge < -0.3 is 9.80 Å². The van der Waals surface area contributed by atoms with Crippen LogP contribution in [-0.4, -0.2) is 53.0 Å². The van der Waals surface area contributed by atoms with Crippen LogP contribution >= 0.6 is 0 Å². The fraction of sp³-hybridized carbons (Fsp3) is 0.400. The predicted molar refractivity (Wildman–Crippen MR) is 100 cm³/mol. The molecule has 3 rings (SSSR count). The summed E-state index contributed by atoms with van der Waals surface area (Å²) in [4.78, 5) is 28.7. The van der Waals surface area contributed by atoms with Gasteiger partial charge in [0.1, 0.15) is 0 Å². The highest BCUT2D eigenvalue weighted by atomic mass is 16.2. The summed E-state index contributed by atoms with van der Waals surface area (Å²) in [5, 5.41) is 8.25. The minimum atomic E-state index is -0.441. The molecule has 0 radical (unpaired) electrons. The van der Waals surface area contributed by atoms with E-state index in [9.17, 15) is 9.59 Å². The first-order chi connectivity index (χ1) is 12.5. The first-order valence-electron chi connectivity index (χ1n) is 8.94. The van der Waals surface area contributed by atoms with Crippen molar-refractivity contribution in [3.05, 3.63) is 53.2 Å². The number of hydrogen-bond donors (Lipinski definition) is 0. The molecule has 1 aliphatic heterocycles. The van der Waals surface area contributed by atoms with E-state index in [4.69, 9.17) is 0 Å². The summed E-state index contributed by atoms with van der Waals surface area (Å²) in [6.45, 7) is 8.38. The molecule has 1 amide bonds. The molecule has 0 atom stereocenters. The molecule has 0 spiro atoms. The highest BCUT2D eigenvalue weighted by Gasteiger charge is 2.27. The zero-order valence-electron chi connectivity index (χ0n) is 15.5. The lowest BCUT2D eigenvalue weighted by molar-refractivity contribution is -0.126. The topological polar surface area (TPSA) is 66.4 Å². The van der Waals surface area contributed by atoms with Gasteiger partial charge in [-0.1, -0.05) is 38.1 Å². The van der Waals surface area contributed by atoms with E-state index < -0.39 is 11.7 Å². The number of benzene rings is 1. The standard InChI is InChI=1S/C20H24N4O2/c1-14(2)16-5-7-17(8-6-16)19(25)20(26)24-12-10-23(11-13-24)18-9-4-15(3)21-22-18/h4-9,14H,10-13H2,1-3H3. The molecule has 136 valence electrons. The molecule has 1 saturated heterocycles. The fourth-order valence-corrected chi connectivity index (χ4v) is 2.99. The zero-order valence-corrected chi connectivity index (χ0v) is 15.5. The van der Waals surface area contributed by atoms with Crippen LogP contribution in [0.5, 0.6) is 0 Å². The number of carbonyl (C=O) groups is 2. The summed E-state index contributed by atoms with van der Waals surface area (Å²) in [6.07, 6.45) is 0. The van der Waals surface area contributed by atoms with Crippen molar-refractivity contribution in [2.75, 3.05) is 31.1 Å². The number of Topliss-reactive ketones (excluding diaryl/α,β-unsaturated/α-hetero) is 1. The number of ketones is 1. The number of nitrogens with zero attached hydrogens (tertiary/aromatic N) is 4. The lowest BCUT2D eigenvalue weighted by Gasteiger charge is -2.34. The largest absolute Gasteiger partial charge is 0.352 e. The van der Waals surface area contributed by atoms with E-state index in [1.54, 1.807) is 17.0 Å². The molecule has 1 aliphatic rings. The maximum Gasteiger partial charge on any atom is 0.295 e. The van der Waals surface area contributed by atoms with Crippen LogP contribution in [-0.2, 0) is 4.79 Å². The summed E-state index contributed by atoms with van der Waals surface area (Å²) in [6, 6.07) is 11.2. The van der Waals surface area contributed by atoms with Gasteiger partial charge in [-0.05, 0) is 30.5 Å². The second-order valence-electron chi connectivity index (χ2n) is 6.92. The Balaban J connectivity index is 1.60. The molecule has 1 fully saturated rings. The van der Waals surface area contributed by atoms with E-state index >= 15 is 0 Å². The number of aryl methyl sites for hydroxylation is 1. The van der Waals surface area contributed by atoms with Crippen molar-refractivity contribution in [3.63, 3.8) is 0 Å². The Kier molecular flexibility index (Phi) is 5.30. The van der Waals surface area contributed by atoms with Gasteiger partial charge in [-0.15, -0.1) is 5.10 Å². The fourth-order valence-electron chi connectivity index (χ4n) is 2.99. The second-order valence-corrected chi connectivity index (χ2v) is 6.92. The molecule has 0 N–H and O–H groups in total. The van der Waals surface area contributed by atoms with E-state index in [0.29, 0.717) is 37.7 Å². The summed E-state index contributed by atoms with van der Waals surface area (Å²) < 4.78 is 0. The van der Waals surface area contributed by atoms with Crippen molar-refractivity contribution in [2.45, 2.75) is 26.7 Å². The van der Waals surface area contributed by atoms with E-state index in [1.165, 1.54) is 0 Å². The van der Waals surface area contributed by atoms with Crippen LogP contribution < -0.4 is 4.90 Å². The van der Waals surface area contributed by atoms with Crippen LogP contribution in [0.2, 0.25) is 0 Å². The highest BCUT2D eigenvalue weighted by molar-refractivity contribution is 6.42. The van der Waals surface area contributed by atoms with Crippen molar-refractivity contribution in [1.82, 2.24) is 15.1 Å². The zero-order chi connectivity index (χ0) is 18.7. The Labute approximate surface area is 153 Å². The Morgan fingerprint density at radius 1 is 0.923 bits per heavy atom. The van der Waals surface area contributed by atoms with Crippen LogP contribution in [0.4, 0.5) is 5.82 Å². The number of carbonyl (C=O) groups excluding carboxylic acids is 2. The van der Waals surface area contributed by atoms with Crippen LogP contribution in [0.1, 0.15) is 41.4 Å². The summed E-state index contributed by atoms with van der Waals surface area (Å²) in [5.74, 6) is 0.326. The number of aromatic nitrogens is 2. The quantitative estimate of drug-likeness (QED) is 0.625. The second kappa shape index (κ2) is 7.64. The van der Waals surface area contributed by atoms with Gasteiger partial charge in [0, 0.05) is 31.7 Å². The third kappa shape index (κ3) is 3.90. The summed E-state index contributed by atoms with van der Waals surface area (Å²) in [7, 11) is 0. The van der Waals surface area contributed by atoms with Crippen molar-refractivity contribution < 1.29 is 9.59 Å². The van der Waals surface area contributed by atoms with Crippen LogP contribution in [0.3, 0.4) is 0 Å². The minimum absolute atomic E-state index is 0.396. The van der Waals surface area contributed by atoms with Gasteiger partial charge in [0.15, 0.2) is 5.82 Å². The summed E-state index contributed by atoms with van der Waals surface area (Å²) >= 11 is 0. The third-order valence-corrected chi connectivity index (χ3v) is 4.71. The molecule has 6 heteroatoms. The van der Waals surface area contributed by atoms with Gasteiger partial charge in [-0.3, -0.25) is 9.59 Å². The average molecular weight is 352 g/mol. The van der Waals surface area contributed by atoms with E-state index in [1.807, 2.05) is 31.2 Å². The first kappa shape index (κ1) is 18.0. The number of hydrogen-bond acceptors (Lipinski definition) is 5.